The van der Waals surface area contributed by atoms with Crippen molar-refractivity contribution in [2.24, 2.45) is 0 Å². The summed E-state index contributed by atoms with van der Waals surface area (Å²) in [6, 6.07) is 9.95. The summed E-state index contributed by atoms with van der Waals surface area (Å²) in [4.78, 5) is 26.9. The Morgan fingerprint density at radius 1 is 0.938 bits per heavy atom. The summed E-state index contributed by atoms with van der Waals surface area (Å²) in [5.74, 6) is 0.616. The van der Waals surface area contributed by atoms with Gasteiger partial charge in [0, 0.05) is 29.9 Å². The number of benzene rings is 2. The van der Waals surface area contributed by atoms with Gasteiger partial charge in [0.15, 0.2) is 16.6 Å². The first-order chi connectivity index (χ1) is 15.5. The van der Waals surface area contributed by atoms with E-state index in [1.807, 2.05) is 0 Å². The number of thiocarbonyl (C=S) groups is 1. The van der Waals surface area contributed by atoms with Crippen LogP contribution in [0.2, 0.25) is 0 Å². The van der Waals surface area contributed by atoms with E-state index in [0.29, 0.717) is 54.8 Å². The number of amides is 2. The van der Waals surface area contributed by atoms with Crippen LogP contribution < -0.4 is 24.8 Å². The first-order valence-corrected chi connectivity index (χ1v) is 10.3. The van der Waals surface area contributed by atoms with E-state index >= 15 is 0 Å². The minimum absolute atomic E-state index is 0.0434. The monoisotopic (exact) mass is 459 g/mol. The molecule has 1 heterocycles. The first kappa shape index (κ1) is 23.3. The Bertz CT molecular complexity index is 965. The fraction of sp³-hybridized carbons (Fsp3) is 0.318. The molecule has 32 heavy (non-hydrogen) atoms. The number of carbonyl (C=O) groups is 2. The number of carbonyl (C=O) groups excluding carboxylic acids is 2. The predicted octanol–water partition coefficient (Wildman–Crippen LogP) is 2.31. The average Bonchev–Trinajstić information content (AvgIpc) is 2.83. The number of anilines is 1. The number of nitrogens with one attached hydrogen (secondary N) is 2. The third-order valence-corrected chi connectivity index (χ3v) is 5.05. The maximum Gasteiger partial charge on any atom is 0.257 e. The van der Waals surface area contributed by atoms with Crippen molar-refractivity contribution in [2.75, 3.05) is 52.9 Å². The lowest BCUT2D eigenvalue weighted by molar-refractivity contribution is 0.0303. The molecule has 0 aromatic heterocycles. The standard InChI is InChI=1S/C22H25N3O6S/c1-28-17-12-15(13-18(29-2)19(17)30-3)20(26)24-22(32)23-16-6-4-14(5-7-16)21(27)25-8-10-31-11-9-25/h4-7,12-13H,8-11H2,1-3H3,(H2,23,24,26,32). The van der Waals surface area contributed by atoms with Crippen LogP contribution in [0.25, 0.3) is 0 Å². The summed E-state index contributed by atoms with van der Waals surface area (Å²) in [5, 5.41) is 5.66. The SMILES string of the molecule is COc1cc(C(=O)NC(=S)Nc2ccc(C(=O)N3CCOCC3)cc2)cc(OC)c1OC. The number of methoxy groups -OCH3 is 3. The molecule has 0 atom stereocenters. The quantitative estimate of drug-likeness (QED) is 0.635. The van der Waals surface area contributed by atoms with Crippen LogP contribution in [0.5, 0.6) is 17.2 Å². The summed E-state index contributed by atoms with van der Waals surface area (Å²) in [6.07, 6.45) is 0. The van der Waals surface area contributed by atoms with E-state index in [9.17, 15) is 9.59 Å². The Labute approximate surface area is 191 Å². The second-order valence-electron chi connectivity index (χ2n) is 6.80. The minimum atomic E-state index is -0.444. The van der Waals surface area contributed by atoms with Crippen LogP contribution in [0.4, 0.5) is 5.69 Å². The van der Waals surface area contributed by atoms with E-state index in [4.69, 9.17) is 31.2 Å². The molecule has 0 aliphatic carbocycles. The molecule has 3 rings (SSSR count). The minimum Gasteiger partial charge on any atom is -0.493 e. The molecular weight excluding hydrogens is 434 g/mol. The van der Waals surface area contributed by atoms with Crippen molar-refractivity contribution < 1.29 is 28.5 Å². The summed E-state index contributed by atoms with van der Waals surface area (Å²) in [6.45, 7) is 2.25. The third-order valence-electron chi connectivity index (χ3n) is 4.84. The highest BCUT2D eigenvalue weighted by atomic mass is 32.1. The van der Waals surface area contributed by atoms with E-state index in [1.165, 1.54) is 33.5 Å². The van der Waals surface area contributed by atoms with Gasteiger partial charge >= 0.3 is 0 Å². The van der Waals surface area contributed by atoms with E-state index in [1.54, 1.807) is 29.2 Å². The third kappa shape index (κ3) is 5.45. The zero-order valence-corrected chi connectivity index (χ0v) is 18.9. The van der Waals surface area contributed by atoms with Gasteiger partial charge in [-0.05, 0) is 48.6 Å². The summed E-state index contributed by atoms with van der Waals surface area (Å²) in [7, 11) is 4.43. The summed E-state index contributed by atoms with van der Waals surface area (Å²) < 4.78 is 21.1. The lowest BCUT2D eigenvalue weighted by Crippen LogP contribution is -2.40. The lowest BCUT2D eigenvalue weighted by atomic mass is 10.1. The van der Waals surface area contributed by atoms with Crippen LogP contribution in [-0.2, 0) is 4.74 Å². The molecule has 2 aromatic rings. The number of nitrogens with zero attached hydrogens (tertiary/aromatic N) is 1. The molecule has 1 aliphatic heterocycles. The van der Waals surface area contributed by atoms with Crippen molar-refractivity contribution in [3.63, 3.8) is 0 Å². The molecule has 2 amide bonds. The Morgan fingerprint density at radius 3 is 2.06 bits per heavy atom. The fourth-order valence-corrected chi connectivity index (χ4v) is 3.41. The van der Waals surface area contributed by atoms with E-state index in [2.05, 4.69) is 10.6 Å². The van der Waals surface area contributed by atoms with Crippen molar-refractivity contribution in [3.05, 3.63) is 47.5 Å². The van der Waals surface area contributed by atoms with Gasteiger partial charge in [0.05, 0.1) is 34.5 Å². The zero-order valence-electron chi connectivity index (χ0n) is 18.1. The van der Waals surface area contributed by atoms with Crippen molar-refractivity contribution in [2.45, 2.75) is 0 Å². The van der Waals surface area contributed by atoms with Gasteiger partial charge in [-0.3, -0.25) is 14.9 Å². The largest absolute Gasteiger partial charge is 0.493 e. The van der Waals surface area contributed by atoms with Crippen LogP contribution in [0.15, 0.2) is 36.4 Å². The van der Waals surface area contributed by atoms with E-state index in [-0.39, 0.29) is 16.6 Å². The maximum atomic E-state index is 12.6. The predicted molar refractivity (Wildman–Crippen MR) is 123 cm³/mol. The molecule has 10 heteroatoms. The Kier molecular flexibility index (Phi) is 7.85. The molecule has 1 aliphatic rings. The highest BCUT2D eigenvalue weighted by Gasteiger charge is 2.19. The van der Waals surface area contributed by atoms with Crippen molar-refractivity contribution in [1.82, 2.24) is 10.2 Å². The van der Waals surface area contributed by atoms with Gasteiger partial charge in [0.2, 0.25) is 5.75 Å². The molecule has 0 saturated carbocycles. The average molecular weight is 460 g/mol. The van der Waals surface area contributed by atoms with Gasteiger partial charge in [-0.15, -0.1) is 0 Å². The van der Waals surface area contributed by atoms with Gasteiger partial charge in [-0.1, -0.05) is 0 Å². The van der Waals surface area contributed by atoms with Crippen LogP contribution >= 0.6 is 12.2 Å². The number of morpholine rings is 1. The topological polar surface area (TPSA) is 98.4 Å². The number of ether oxygens (including phenoxy) is 4. The Balaban J connectivity index is 1.63. The highest BCUT2D eigenvalue weighted by Crippen LogP contribution is 2.38. The number of hydrogen-bond donors (Lipinski definition) is 2. The second-order valence-corrected chi connectivity index (χ2v) is 7.21. The summed E-state index contributed by atoms with van der Waals surface area (Å²) >= 11 is 5.25. The molecule has 0 radical (unpaired) electrons. The molecule has 0 spiro atoms. The van der Waals surface area contributed by atoms with E-state index < -0.39 is 5.91 Å². The molecule has 9 nitrogen and oxygen atoms in total. The summed E-state index contributed by atoms with van der Waals surface area (Å²) in [5.41, 5.74) is 1.50. The fourth-order valence-electron chi connectivity index (χ4n) is 3.19. The van der Waals surface area contributed by atoms with Gasteiger partial charge in [-0.2, -0.15) is 0 Å². The van der Waals surface area contributed by atoms with Crippen LogP contribution in [0.3, 0.4) is 0 Å². The number of hydrogen-bond acceptors (Lipinski definition) is 7. The van der Waals surface area contributed by atoms with Crippen LogP contribution in [0, 0.1) is 0 Å². The Hall–Kier alpha value is -3.37. The molecule has 0 unspecified atom stereocenters. The van der Waals surface area contributed by atoms with Gasteiger partial charge in [0.1, 0.15) is 0 Å². The molecule has 1 fully saturated rings. The van der Waals surface area contributed by atoms with Crippen molar-refractivity contribution in [1.29, 1.82) is 0 Å². The van der Waals surface area contributed by atoms with Crippen molar-refractivity contribution in [3.8, 4) is 17.2 Å². The van der Waals surface area contributed by atoms with Gasteiger partial charge in [-0.25, -0.2) is 0 Å². The van der Waals surface area contributed by atoms with Gasteiger partial charge in [0.25, 0.3) is 11.8 Å². The van der Waals surface area contributed by atoms with Gasteiger partial charge < -0.3 is 29.2 Å². The zero-order chi connectivity index (χ0) is 23.1. The first-order valence-electron chi connectivity index (χ1n) is 9.86. The van der Waals surface area contributed by atoms with E-state index in [0.717, 1.165) is 0 Å². The molecule has 0 bridgehead atoms. The van der Waals surface area contributed by atoms with Crippen LogP contribution in [0.1, 0.15) is 20.7 Å². The molecular formula is C22H25N3O6S. The highest BCUT2D eigenvalue weighted by molar-refractivity contribution is 7.80. The smallest absolute Gasteiger partial charge is 0.257 e. The molecule has 1 saturated heterocycles. The molecule has 170 valence electrons. The maximum absolute atomic E-state index is 12.6. The second kappa shape index (κ2) is 10.8. The van der Waals surface area contributed by atoms with Crippen molar-refractivity contribution >= 4 is 34.8 Å². The Morgan fingerprint density at radius 2 is 1.53 bits per heavy atom. The lowest BCUT2D eigenvalue weighted by Gasteiger charge is -2.26. The molecule has 2 N–H and O–H groups in total. The number of rotatable bonds is 6. The molecule has 2 aromatic carbocycles. The normalized spacial score (nSPS) is 13.2. The van der Waals surface area contributed by atoms with Crippen LogP contribution in [-0.4, -0.2) is 69.5 Å².